The Morgan fingerprint density at radius 2 is 2.12 bits per heavy atom. The maximum Gasteiger partial charge on any atom is 0.0708 e. The van der Waals surface area contributed by atoms with E-state index in [1.165, 1.54) is 21.4 Å². The van der Waals surface area contributed by atoms with Crippen molar-refractivity contribution in [2.24, 2.45) is 5.73 Å². The van der Waals surface area contributed by atoms with E-state index in [-0.39, 0.29) is 0 Å². The molecule has 2 heterocycles. The lowest BCUT2D eigenvalue weighted by Gasteiger charge is -2.03. The Bertz CT molecular complexity index is 658. The Morgan fingerprint density at radius 3 is 3.00 bits per heavy atom. The molecule has 0 bridgehead atoms. The van der Waals surface area contributed by atoms with Gasteiger partial charge in [0.15, 0.2) is 0 Å². The topological polar surface area (TPSA) is 38.9 Å². The molecule has 0 radical (unpaired) electrons. The number of hydrogen-bond acceptors (Lipinski definition) is 3. The molecule has 17 heavy (non-hydrogen) atoms. The maximum absolute atomic E-state index is 5.74. The zero-order valence-electron chi connectivity index (χ0n) is 9.26. The molecule has 0 unspecified atom stereocenters. The molecule has 3 aromatic rings. The number of nitrogens with zero attached hydrogens (tertiary/aromatic N) is 1. The first-order valence-corrected chi connectivity index (χ1v) is 6.38. The summed E-state index contributed by atoms with van der Waals surface area (Å²) in [6, 6.07) is 12.5. The third-order valence-electron chi connectivity index (χ3n) is 2.85. The van der Waals surface area contributed by atoms with E-state index in [9.17, 15) is 0 Å². The van der Waals surface area contributed by atoms with Crippen LogP contribution >= 0.6 is 11.3 Å². The molecule has 0 atom stereocenters. The highest BCUT2D eigenvalue weighted by molar-refractivity contribution is 7.10. The fourth-order valence-corrected chi connectivity index (χ4v) is 2.77. The van der Waals surface area contributed by atoms with Gasteiger partial charge in [-0.3, -0.25) is 4.98 Å². The number of aromatic nitrogens is 1. The molecule has 0 aliphatic heterocycles. The fraction of sp³-hybridized carbons (Fsp3) is 0.0714. The van der Waals surface area contributed by atoms with Crippen LogP contribution in [0.3, 0.4) is 0 Å². The van der Waals surface area contributed by atoms with E-state index in [4.69, 9.17) is 5.73 Å². The van der Waals surface area contributed by atoms with E-state index in [0.29, 0.717) is 6.54 Å². The third-order valence-corrected chi connectivity index (χ3v) is 3.79. The monoisotopic (exact) mass is 240 g/mol. The molecule has 0 aliphatic rings. The zero-order chi connectivity index (χ0) is 11.7. The molecule has 0 aliphatic carbocycles. The molecule has 0 fully saturated rings. The minimum absolute atomic E-state index is 0.591. The maximum atomic E-state index is 5.74. The van der Waals surface area contributed by atoms with Gasteiger partial charge in [-0.2, -0.15) is 0 Å². The van der Waals surface area contributed by atoms with Crippen molar-refractivity contribution in [1.82, 2.24) is 4.98 Å². The Hall–Kier alpha value is -1.71. The minimum atomic E-state index is 0.591. The highest BCUT2D eigenvalue weighted by Gasteiger charge is 2.06. The van der Waals surface area contributed by atoms with E-state index < -0.39 is 0 Å². The summed E-state index contributed by atoms with van der Waals surface area (Å²) >= 11 is 1.70. The lowest BCUT2D eigenvalue weighted by molar-refractivity contribution is 1.11. The van der Waals surface area contributed by atoms with Crippen molar-refractivity contribution < 1.29 is 0 Å². The Balaban J connectivity index is 2.18. The lowest BCUT2D eigenvalue weighted by atomic mass is 10.0. The van der Waals surface area contributed by atoms with Gasteiger partial charge in [0.1, 0.15) is 0 Å². The molecule has 0 saturated heterocycles. The van der Waals surface area contributed by atoms with E-state index >= 15 is 0 Å². The second-order valence-corrected chi connectivity index (χ2v) is 4.87. The number of benzene rings is 1. The van der Waals surface area contributed by atoms with Crippen LogP contribution in [-0.4, -0.2) is 4.98 Å². The number of fused-ring (bicyclic) bond motifs is 1. The Kier molecular flexibility index (Phi) is 2.63. The largest absolute Gasteiger partial charge is 0.326 e. The van der Waals surface area contributed by atoms with Crippen molar-refractivity contribution in [3.63, 3.8) is 0 Å². The van der Waals surface area contributed by atoms with Crippen molar-refractivity contribution in [3.05, 3.63) is 52.9 Å². The van der Waals surface area contributed by atoms with E-state index in [1.54, 1.807) is 11.3 Å². The number of thiophene rings is 1. The molecule has 84 valence electrons. The predicted octanol–water partition coefficient (Wildman–Crippen LogP) is 3.42. The van der Waals surface area contributed by atoms with E-state index in [1.807, 2.05) is 12.3 Å². The standard InChI is InChI=1S/C14H12N2S/c15-9-14-12(5-7-17-14)11-4-3-10-2-1-6-16-13(10)8-11/h1-8H,9,15H2. The number of nitrogens with two attached hydrogens (primary N) is 1. The van der Waals surface area contributed by atoms with Crippen LogP contribution in [0, 0.1) is 0 Å². The highest BCUT2D eigenvalue weighted by Crippen LogP contribution is 2.29. The van der Waals surface area contributed by atoms with Gasteiger partial charge in [-0.25, -0.2) is 0 Å². The van der Waals surface area contributed by atoms with Crippen LogP contribution in [0.25, 0.3) is 22.0 Å². The number of rotatable bonds is 2. The van der Waals surface area contributed by atoms with Crippen LogP contribution in [0.1, 0.15) is 4.88 Å². The zero-order valence-corrected chi connectivity index (χ0v) is 10.1. The van der Waals surface area contributed by atoms with Gasteiger partial charge < -0.3 is 5.73 Å². The van der Waals surface area contributed by atoms with Crippen LogP contribution in [0.2, 0.25) is 0 Å². The summed E-state index contributed by atoms with van der Waals surface area (Å²) in [4.78, 5) is 5.60. The molecule has 3 rings (SSSR count). The summed E-state index contributed by atoms with van der Waals surface area (Å²) in [6.45, 7) is 0.591. The average molecular weight is 240 g/mol. The number of pyridine rings is 1. The molecule has 0 saturated carbocycles. The van der Waals surface area contributed by atoms with Crippen molar-refractivity contribution >= 4 is 22.2 Å². The van der Waals surface area contributed by atoms with E-state index in [0.717, 1.165) is 5.52 Å². The van der Waals surface area contributed by atoms with Gasteiger partial charge in [0.2, 0.25) is 0 Å². The number of hydrogen-bond donors (Lipinski definition) is 1. The molecule has 2 aromatic heterocycles. The molecule has 1 aromatic carbocycles. The van der Waals surface area contributed by atoms with Gasteiger partial charge in [0.05, 0.1) is 5.52 Å². The summed E-state index contributed by atoms with van der Waals surface area (Å²) in [5.41, 5.74) is 9.19. The second kappa shape index (κ2) is 4.28. The molecular weight excluding hydrogens is 228 g/mol. The first-order chi connectivity index (χ1) is 8.38. The smallest absolute Gasteiger partial charge is 0.0708 e. The van der Waals surface area contributed by atoms with Crippen LogP contribution in [0.4, 0.5) is 0 Å². The van der Waals surface area contributed by atoms with Crippen LogP contribution in [0.5, 0.6) is 0 Å². The van der Waals surface area contributed by atoms with Crippen molar-refractivity contribution in [2.75, 3.05) is 0 Å². The summed E-state index contributed by atoms with van der Waals surface area (Å²) in [5, 5.41) is 3.25. The minimum Gasteiger partial charge on any atom is -0.326 e. The SMILES string of the molecule is NCc1sccc1-c1ccc2cccnc2c1. The van der Waals surface area contributed by atoms with Crippen LogP contribution in [-0.2, 0) is 6.54 Å². The van der Waals surface area contributed by atoms with Crippen molar-refractivity contribution in [1.29, 1.82) is 0 Å². The van der Waals surface area contributed by atoms with E-state index in [2.05, 4.69) is 40.7 Å². The summed E-state index contributed by atoms with van der Waals surface area (Å²) in [5.74, 6) is 0. The molecule has 2 nitrogen and oxygen atoms in total. The van der Waals surface area contributed by atoms with Crippen molar-refractivity contribution in [2.45, 2.75) is 6.54 Å². The molecule has 0 amide bonds. The molecule has 2 N–H and O–H groups in total. The van der Waals surface area contributed by atoms with Gasteiger partial charge in [0.25, 0.3) is 0 Å². The van der Waals surface area contributed by atoms with Crippen molar-refractivity contribution in [3.8, 4) is 11.1 Å². The normalized spacial score (nSPS) is 10.9. The Labute approximate surface area is 104 Å². The quantitative estimate of drug-likeness (QED) is 0.745. The predicted molar refractivity (Wildman–Crippen MR) is 72.9 cm³/mol. The lowest BCUT2D eigenvalue weighted by Crippen LogP contribution is -1.94. The third kappa shape index (κ3) is 1.84. The summed E-state index contributed by atoms with van der Waals surface area (Å²) in [6.07, 6.45) is 1.82. The second-order valence-electron chi connectivity index (χ2n) is 3.87. The Morgan fingerprint density at radius 1 is 1.18 bits per heavy atom. The molecule has 0 spiro atoms. The molecular formula is C14H12N2S. The molecule has 3 heteroatoms. The van der Waals surface area contributed by atoms with Crippen LogP contribution < -0.4 is 5.73 Å². The van der Waals surface area contributed by atoms with Gasteiger partial charge in [-0.1, -0.05) is 18.2 Å². The summed E-state index contributed by atoms with van der Waals surface area (Å²) in [7, 11) is 0. The fourth-order valence-electron chi connectivity index (χ4n) is 1.99. The highest BCUT2D eigenvalue weighted by atomic mass is 32.1. The van der Waals surface area contributed by atoms with Gasteiger partial charge in [-0.05, 0) is 34.7 Å². The first-order valence-electron chi connectivity index (χ1n) is 5.50. The van der Waals surface area contributed by atoms with Gasteiger partial charge in [-0.15, -0.1) is 11.3 Å². The van der Waals surface area contributed by atoms with Crippen LogP contribution in [0.15, 0.2) is 48.0 Å². The average Bonchev–Trinajstić information content (AvgIpc) is 2.86. The summed E-state index contributed by atoms with van der Waals surface area (Å²) < 4.78 is 0. The van der Waals surface area contributed by atoms with Gasteiger partial charge in [0, 0.05) is 23.0 Å². The first kappa shape index (κ1) is 10.4. The van der Waals surface area contributed by atoms with Gasteiger partial charge >= 0.3 is 0 Å².